The maximum Gasteiger partial charge on any atom is 0.264 e. The first-order chi connectivity index (χ1) is 18.4. The fourth-order valence-electron chi connectivity index (χ4n) is 3.84. The van der Waals surface area contributed by atoms with Gasteiger partial charge in [-0.15, -0.1) is 0 Å². The van der Waals surface area contributed by atoms with Gasteiger partial charge in [0.05, 0.1) is 10.6 Å². The second-order valence-corrected chi connectivity index (χ2v) is 12.5. The first kappa shape index (κ1) is 30.5. The number of benzene rings is 3. The van der Waals surface area contributed by atoms with Crippen LogP contribution < -0.4 is 9.62 Å². The molecule has 0 aliphatic heterocycles. The number of halogens is 2. The second kappa shape index (κ2) is 13.3. The van der Waals surface area contributed by atoms with E-state index in [0.717, 1.165) is 9.87 Å². The molecule has 0 aromatic heterocycles. The Morgan fingerprint density at radius 1 is 0.897 bits per heavy atom. The number of rotatable bonds is 11. The second-order valence-electron chi connectivity index (χ2n) is 9.77. The Labute approximate surface area is 240 Å². The highest BCUT2D eigenvalue weighted by Gasteiger charge is 2.32. The smallest absolute Gasteiger partial charge is 0.264 e. The summed E-state index contributed by atoms with van der Waals surface area (Å²) in [6.45, 7) is 7.46. The molecule has 0 radical (unpaired) electrons. The summed E-state index contributed by atoms with van der Waals surface area (Å²) >= 11 is 12.2. The largest absolute Gasteiger partial charge is 0.354 e. The lowest BCUT2D eigenvalue weighted by Crippen LogP contribution is -2.51. The minimum Gasteiger partial charge on any atom is -0.354 e. The molecular formula is C29H33Cl2N3O4S. The van der Waals surface area contributed by atoms with Crippen molar-refractivity contribution in [2.75, 3.05) is 17.4 Å². The van der Waals surface area contributed by atoms with Gasteiger partial charge >= 0.3 is 0 Å². The lowest BCUT2D eigenvalue weighted by Gasteiger charge is -2.32. The van der Waals surface area contributed by atoms with Gasteiger partial charge in [-0.3, -0.25) is 13.9 Å². The summed E-state index contributed by atoms with van der Waals surface area (Å²) in [5.74, 6) is -0.651. The van der Waals surface area contributed by atoms with Gasteiger partial charge in [0.1, 0.15) is 12.6 Å². The van der Waals surface area contributed by atoms with Crippen LogP contribution in [0.25, 0.3) is 0 Å². The van der Waals surface area contributed by atoms with Gasteiger partial charge < -0.3 is 10.2 Å². The van der Waals surface area contributed by atoms with Crippen molar-refractivity contribution < 1.29 is 18.0 Å². The molecule has 2 amide bonds. The summed E-state index contributed by atoms with van der Waals surface area (Å²) in [5.41, 5.74) is 1.97. The number of nitrogens with one attached hydrogen (secondary N) is 1. The van der Waals surface area contributed by atoms with Gasteiger partial charge in [-0.25, -0.2) is 8.42 Å². The van der Waals surface area contributed by atoms with E-state index in [2.05, 4.69) is 5.32 Å². The van der Waals surface area contributed by atoms with E-state index in [1.165, 1.54) is 29.2 Å². The fraction of sp³-hybridized carbons (Fsp3) is 0.310. The van der Waals surface area contributed by atoms with Crippen LogP contribution in [0, 0.1) is 12.8 Å². The van der Waals surface area contributed by atoms with E-state index in [9.17, 15) is 18.0 Å². The van der Waals surface area contributed by atoms with Crippen molar-refractivity contribution in [3.05, 3.63) is 94.0 Å². The van der Waals surface area contributed by atoms with Crippen molar-refractivity contribution in [1.82, 2.24) is 10.2 Å². The van der Waals surface area contributed by atoms with E-state index in [4.69, 9.17) is 23.2 Å². The average molecular weight is 591 g/mol. The van der Waals surface area contributed by atoms with Crippen molar-refractivity contribution in [3.8, 4) is 0 Å². The number of nitrogens with zero attached hydrogens (tertiary/aromatic N) is 2. The molecule has 7 nitrogen and oxygen atoms in total. The Hall–Kier alpha value is -3.07. The average Bonchev–Trinajstić information content (AvgIpc) is 2.89. The zero-order valence-electron chi connectivity index (χ0n) is 22.4. The summed E-state index contributed by atoms with van der Waals surface area (Å²) in [4.78, 5) is 28.3. The first-order valence-corrected chi connectivity index (χ1v) is 14.7. The molecule has 0 fully saturated rings. The Bertz CT molecular complexity index is 1390. The van der Waals surface area contributed by atoms with Gasteiger partial charge in [0, 0.05) is 23.1 Å². The summed E-state index contributed by atoms with van der Waals surface area (Å²) < 4.78 is 28.6. The Kier molecular flexibility index (Phi) is 10.4. The summed E-state index contributed by atoms with van der Waals surface area (Å²) in [7, 11) is -4.15. The highest BCUT2D eigenvalue weighted by molar-refractivity contribution is 7.92. The third kappa shape index (κ3) is 8.21. The van der Waals surface area contributed by atoms with Gasteiger partial charge in [0.25, 0.3) is 10.0 Å². The van der Waals surface area contributed by atoms with E-state index in [1.54, 1.807) is 55.5 Å². The molecule has 0 aliphatic carbocycles. The van der Waals surface area contributed by atoms with Crippen LogP contribution in [-0.4, -0.2) is 44.3 Å². The monoisotopic (exact) mass is 589 g/mol. The number of carbonyl (C=O) groups is 2. The highest BCUT2D eigenvalue weighted by Crippen LogP contribution is 2.26. The van der Waals surface area contributed by atoms with Crippen LogP contribution in [0.2, 0.25) is 10.0 Å². The van der Waals surface area contributed by atoms with Gasteiger partial charge in [-0.1, -0.05) is 66.9 Å². The van der Waals surface area contributed by atoms with Crippen LogP contribution in [0.4, 0.5) is 5.69 Å². The van der Waals surface area contributed by atoms with Crippen LogP contribution in [0.5, 0.6) is 0 Å². The zero-order valence-corrected chi connectivity index (χ0v) is 24.7. The molecule has 0 saturated carbocycles. The molecule has 3 aromatic carbocycles. The molecule has 10 heteroatoms. The van der Waals surface area contributed by atoms with Crippen molar-refractivity contribution in [2.24, 2.45) is 5.92 Å². The third-order valence-corrected chi connectivity index (χ3v) is 8.37. The van der Waals surface area contributed by atoms with Crippen LogP contribution in [0.1, 0.15) is 31.9 Å². The Morgan fingerprint density at radius 2 is 1.54 bits per heavy atom. The number of anilines is 1. The molecule has 1 N–H and O–H groups in total. The summed E-state index contributed by atoms with van der Waals surface area (Å²) in [6.07, 6.45) is 0. The van der Waals surface area contributed by atoms with Gasteiger partial charge in [0.2, 0.25) is 11.8 Å². The van der Waals surface area contributed by atoms with Crippen LogP contribution in [0.15, 0.2) is 77.7 Å². The topological polar surface area (TPSA) is 86.8 Å². The number of carbonyl (C=O) groups excluding carboxylic acids is 2. The van der Waals surface area contributed by atoms with Crippen molar-refractivity contribution in [1.29, 1.82) is 0 Å². The number of sulfonamides is 1. The van der Waals surface area contributed by atoms with Gasteiger partial charge in [-0.05, 0) is 73.9 Å². The van der Waals surface area contributed by atoms with Crippen molar-refractivity contribution >= 4 is 50.7 Å². The predicted octanol–water partition coefficient (Wildman–Crippen LogP) is 5.69. The van der Waals surface area contributed by atoms with E-state index in [0.29, 0.717) is 27.8 Å². The highest BCUT2D eigenvalue weighted by atomic mass is 35.5. The van der Waals surface area contributed by atoms with Crippen LogP contribution >= 0.6 is 23.2 Å². The molecule has 0 spiro atoms. The number of aryl methyl sites for hydroxylation is 1. The fourth-order valence-corrected chi connectivity index (χ4v) is 5.59. The maximum absolute atomic E-state index is 13.9. The summed E-state index contributed by atoms with van der Waals surface area (Å²) in [5, 5.41) is 3.74. The SMILES string of the molecule is Cc1ccc(N(CC(=O)N(Cc2cccc(Cl)c2)[C@@H](C)C(=O)NCC(C)C)S(=O)(=O)c2ccc(Cl)cc2)cc1. The normalized spacial score (nSPS) is 12.2. The molecular weight excluding hydrogens is 557 g/mol. The minimum absolute atomic E-state index is 0.00982. The van der Waals surface area contributed by atoms with E-state index in [-0.39, 0.29) is 23.3 Å². The van der Waals surface area contributed by atoms with Crippen molar-refractivity contribution in [3.63, 3.8) is 0 Å². The predicted molar refractivity (Wildman–Crippen MR) is 156 cm³/mol. The molecule has 0 saturated heterocycles. The number of hydrogen-bond acceptors (Lipinski definition) is 4. The van der Waals surface area contributed by atoms with Crippen LogP contribution in [0.3, 0.4) is 0 Å². The summed E-state index contributed by atoms with van der Waals surface area (Å²) in [6, 6.07) is 18.7. The molecule has 0 heterocycles. The van der Waals surface area contributed by atoms with E-state index >= 15 is 0 Å². The first-order valence-electron chi connectivity index (χ1n) is 12.5. The molecule has 1 atom stereocenters. The molecule has 39 heavy (non-hydrogen) atoms. The Morgan fingerprint density at radius 3 is 2.13 bits per heavy atom. The van der Waals surface area contributed by atoms with Gasteiger partial charge in [0.15, 0.2) is 0 Å². The standard InChI is InChI=1S/C29H33Cl2N3O4S/c1-20(2)17-32-29(36)22(4)33(18-23-6-5-7-25(31)16-23)28(35)19-34(26-12-8-21(3)9-13-26)39(37,38)27-14-10-24(30)11-15-27/h5-16,20,22H,17-19H2,1-4H3,(H,32,36)/t22-/m0/s1. The van der Waals surface area contributed by atoms with Crippen LogP contribution in [-0.2, 0) is 26.2 Å². The minimum atomic E-state index is -4.15. The molecule has 0 aliphatic rings. The third-order valence-electron chi connectivity index (χ3n) is 6.10. The number of amides is 2. The Balaban J connectivity index is 2.01. The van der Waals surface area contributed by atoms with E-state index in [1.807, 2.05) is 20.8 Å². The quantitative estimate of drug-likeness (QED) is 0.311. The molecule has 208 valence electrons. The molecule has 0 unspecified atom stereocenters. The lowest BCUT2D eigenvalue weighted by molar-refractivity contribution is -0.139. The van der Waals surface area contributed by atoms with Crippen molar-refractivity contribution in [2.45, 2.75) is 45.2 Å². The van der Waals surface area contributed by atoms with E-state index < -0.39 is 28.5 Å². The van der Waals surface area contributed by atoms with Gasteiger partial charge in [-0.2, -0.15) is 0 Å². The maximum atomic E-state index is 13.9. The molecule has 3 aromatic rings. The lowest BCUT2D eigenvalue weighted by atomic mass is 10.1. The molecule has 0 bridgehead atoms. The molecule has 3 rings (SSSR count). The number of hydrogen-bond donors (Lipinski definition) is 1. The zero-order chi connectivity index (χ0) is 28.7.